The quantitative estimate of drug-likeness (QED) is 0.774. The molecular weight excluding hydrogens is 334 g/mol. The molecule has 112 valence electrons. The van der Waals surface area contributed by atoms with Crippen molar-refractivity contribution < 1.29 is 13.9 Å². The number of ether oxygens (including phenoxy) is 1. The fourth-order valence-corrected chi connectivity index (χ4v) is 2.16. The van der Waals surface area contributed by atoms with E-state index in [1.807, 2.05) is 37.3 Å². The molecule has 0 fully saturated rings. The zero-order valence-corrected chi connectivity index (χ0v) is 13.5. The van der Waals surface area contributed by atoms with Crippen molar-refractivity contribution in [2.75, 3.05) is 13.2 Å². The minimum Gasteiger partial charge on any atom is -0.467 e. The molecule has 2 rings (SSSR count). The highest BCUT2D eigenvalue weighted by atomic mass is 79.9. The summed E-state index contributed by atoms with van der Waals surface area (Å²) in [6.07, 6.45) is 2.39. The number of hydrogen-bond donors (Lipinski definition) is 1. The molecule has 2 aromatic rings. The highest BCUT2D eigenvalue weighted by Crippen LogP contribution is 2.17. The van der Waals surface area contributed by atoms with Gasteiger partial charge in [-0.15, -0.1) is 0 Å². The molecule has 0 atom stereocenters. The first-order valence-electron chi connectivity index (χ1n) is 6.81. The van der Waals surface area contributed by atoms with Gasteiger partial charge in [-0.1, -0.05) is 22.0 Å². The molecule has 0 aliphatic rings. The molecule has 0 unspecified atom stereocenters. The van der Waals surface area contributed by atoms with Crippen LogP contribution in [-0.2, 0) is 11.3 Å². The number of nitrogens with one attached hydrogen (secondary N) is 1. The average molecular weight is 352 g/mol. The molecule has 1 aromatic carbocycles. The summed E-state index contributed by atoms with van der Waals surface area (Å²) in [4.78, 5) is 11.9. The third kappa shape index (κ3) is 5.02. The molecule has 0 spiro atoms. The van der Waals surface area contributed by atoms with E-state index in [-0.39, 0.29) is 5.91 Å². The maximum absolute atomic E-state index is 11.9. The van der Waals surface area contributed by atoms with Gasteiger partial charge in [-0.25, -0.2) is 0 Å². The lowest BCUT2D eigenvalue weighted by Crippen LogP contribution is -2.25. The van der Waals surface area contributed by atoms with Crippen molar-refractivity contribution in [1.82, 2.24) is 5.32 Å². The molecule has 0 saturated heterocycles. The molecule has 1 N–H and O–H groups in total. The molecule has 0 aliphatic carbocycles. The molecule has 0 saturated carbocycles. The second kappa shape index (κ2) is 8.00. The van der Waals surface area contributed by atoms with Gasteiger partial charge in [0.25, 0.3) is 5.91 Å². The van der Waals surface area contributed by atoms with Crippen LogP contribution in [-0.4, -0.2) is 19.1 Å². The van der Waals surface area contributed by atoms with E-state index in [0.717, 1.165) is 22.2 Å². The normalized spacial score (nSPS) is 10.6. The Morgan fingerprint density at radius 3 is 2.95 bits per heavy atom. The third-order valence-electron chi connectivity index (χ3n) is 3.01. The zero-order chi connectivity index (χ0) is 15.1. The topological polar surface area (TPSA) is 51.5 Å². The summed E-state index contributed by atoms with van der Waals surface area (Å²) in [6, 6.07) is 9.28. The number of halogens is 1. The molecule has 0 aliphatic heterocycles. The Morgan fingerprint density at radius 2 is 2.24 bits per heavy atom. The van der Waals surface area contributed by atoms with E-state index in [4.69, 9.17) is 9.15 Å². The smallest absolute Gasteiger partial charge is 0.251 e. The number of aryl methyl sites for hydroxylation is 1. The summed E-state index contributed by atoms with van der Waals surface area (Å²) in [5.74, 6) is 0.741. The molecule has 1 amide bonds. The van der Waals surface area contributed by atoms with Gasteiger partial charge in [0, 0.05) is 23.2 Å². The summed E-state index contributed by atoms with van der Waals surface area (Å²) in [5.41, 5.74) is 1.77. The Morgan fingerprint density at radius 1 is 1.38 bits per heavy atom. The molecule has 0 radical (unpaired) electrons. The van der Waals surface area contributed by atoms with E-state index >= 15 is 0 Å². The molecule has 5 heteroatoms. The van der Waals surface area contributed by atoms with Gasteiger partial charge in [-0.05, 0) is 43.2 Å². The SMILES string of the molecule is Cc1ccc(C(=O)NCCCOCc2ccco2)cc1Br. The molecule has 0 bridgehead atoms. The van der Waals surface area contributed by atoms with Gasteiger partial charge < -0.3 is 14.5 Å². The number of carbonyl (C=O) groups is 1. The number of benzene rings is 1. The lowest BCUT2D eigenvalue weighted by molar-refractivity contribution is 0.0917. The van der Waals surface area contributed by atoms with E-state index < -0.39 is 0 Å². The zero-order valence-electron chi connectivity index (χ0n) is 11.9. The maximum Gasteiger partial charge on any atom is 0.251 e. The van der Waals surface area contributed by atoms with Crippen LogP contribution in [0.4, 0.5) is 0 Å². The van der Waals surface area contributed by atoms with Crippen molar-refractivity contribution in [2.24, 2.45) is 0 Å². The fourth-order valence-electron chi connectivity index (χ4n) is 1.78. The second-order valence-electron chi connectivity index (χ2n) is 4.71. The van der Waals surface area contributed by atoms with Crippen LogP contribution >= 0.6 is 15.9 Å². The Hall–Kier alpha value is -1.59. The fraction of sp³-hybridized carbons (Fsp3) is 0.312. The summed E-state index contributed by atoms with van der Waals surface area (Å²) in [6.45, 7) is 3.62. The Bertz CT molecular complexity index is 581. The van der Waals surface area contributed by atoms with E-state index in [1.165, 1.54) is 0 Å². The van der Waals surface area contributed by atoms with E-state index in [0.29, 0.717) is 25.3 Å². The largest absolute Gasteiger partial charge is 0.467 e. The third-order valence-corrected chi connectivity index (χ3v) is 3.86. The van der Waals surface area contributed by atoms with E-state index in [9.17, 15) is 4.79 Å². The summed E-state index contributed by atoms with van der Waals surface area (Å²) >= 11 is 3.43. The van der Waals surface area contributed by atoms with Gasteiger partial charge in [0.2, 0.25) is 0 Å². The number of amides is 1. The molecule has 21 heavy (non-hydrogen) atoms. The van der Waals surface area contributed by atoms with Gasteiger partial charge in [0.05, 0.1) is 6.26 Å². The lowest BCUT2D eigenvalue weighted by atomic mass is 10.1. The van der Waals surface area contributed by atoms with Gasteiger partial charge in [0.1, 0.15) is 12.4 Å². The Balaban J connectivity index is 1.63. The van der Waals surface area contributed by atoms with Crippen LogP contribution in [0.25, 0.3) is 0 Å². The lowest BCUT2D eigenvalue weighted by Gasteiger charge is -2.07. The summed E-state index contributed by atoms with van der Waals surface area (Å²) in [7, 11) is 0. The molecular formula is C16H18BrNO3. The van der Waals surface area contributed by atoms with Crippen molar-refractivity contribution in [3.63, 3.8) is 0 Å². The minimum absolute atomic E-state index is 0.0678. The highest BCUT2D eigenvalue weighted by molar-refractivity contribution is 9.10. The first kappa shape index (κ1) is 15.8. The molecule has 4 nitrogen and oxygen atoms in total. The van der Waals surface area contributed by atoms with Crippen LogP contribution in [0.3, 0.4) is 0 Å². The number of furan rings is 1. The van der Waals surface area contributed by atoms with Crippen molar-refractivity contribution in [2.45, 2.75) is 20.0 Å². The Kier molecular flexibility index (Phi) is 6.02. The first-order chi connectivity index (χ1) is 10.2. The van der Waals surface area contributed by atoms with Crippen molar-refractivity contribution in [3.8, 4) is 0 Å². The van der Waals surface area contributed by atoms with E-state index in [1.54, 1.807) is 6.26 Å². The van der Waals surface area contributed by atoms with Crippen molar-refractivity contribution in [3.05, 3.63) is 58.0 Å². The predicted octanol–water partition coefficient (Wildman–Crippen LogP) is 3.69. The maximum atomic E-state index is 11.9. The second-order valence-corrected chi connectivity index (χ2v) is 5.56. The van der Waals surface area contributed by atoms with Crippen LogP contribution in [0.15, 0.2) is 45.5 Å². The van der Waals surface area contributed by atoms with Crippen LogP contribution < -0.4 is 5.32 Å². The van der Waals surface area contributed by atoms with E-state index in [2.05, 4.69) is 21.2 Å². The Labute approximate surface area is 132 Å². The van der Waals surface area contributed by atoms with Crippen LogP contribution in [0.5, 0.6) is 0 Å². The van der Waals surface area contributed by atoms with Crippen molar-refractivity contribution in [1.29, 1.82) is 0 Å². The van der Waals surface area contributed by atoms with Gasteiger partial charge in [0.15, 0.2) is 0 Å². The van der Waals surface area contributed by atoms with Gasteiger partial charge in [-0.3, -0.25) is 4.79 Å². The first-order valence-corrected chi connectivity index (χ1v) is 7.60. The summed E-state index contributed by atoms with van der Waals surface area (Å²) < 4.78 is 11.5. The number of rotatable bonds is 7. The average Bonchev–Trinajstić information content (AvgIpc) is 2.98. The molecule has 1 aromatic heterocycles. The standard InChI is InChI=1S/C16H18BrNO3/c1-12-5-6-13(10-15(12)17)16(19)18-7-3-8-20-11-14-4-2-9-21-14/h2,4-6,9-10H,3,7-8,11H2,1H3,(H,18,19). The van der Waals surface area contributed by atoms with Crippen LogP contribution in [0, 0.1) is 6.92 Å². The van der Waals surface area contributed by atoms with Gasteiger partial charge >= 0.3 is 0 Å². The predicted molar refractivity (Wildman–Crippen MR) is 84.2 cm³/mol. The van der Waals surface area contributed by atoms with Crippen molar-refractivity contribution >= 4 is 21.8 Å². The molecule has 1 heterocycles. The number of carbonyl (C=O) groups excluding carboxylic acids is 1. The number of hydrogen-bond acceptors (Lipinski definition) is 3. The minimum atomic E-state index is -0.0678. The highest BCUT2D eigenvalue weighted by Gasteiger charge is 2.06. The summed E-state index contributed by atoms with van der Waals surface area (Å²) in [5, 5.41) is 2.88. The van der Waals surface area contributed by atoms with Crippen LogP contribution in [0.2, 0.25) is 0 Å². The van der Waals surface area contributed by atoms with Crippen LogP contribution in [0.1, 0.15) is 28.1 Å². The van der Waals surface area contributed by atoms with Gasteiger partial charge in [-0.2, -0.15) is 0 Å². The monoisotopic (exact) mass is 351 g/mol.